The molecule has 1 aliphatic rings. The molecule has 2 unspecified atom stereocenters. The van der Waals surface area contributed by atoms with Gasteiger partial charge in [0.25, 0.3) is 0 Å². The Kier molecular flexibility index (Phi) is 4.34. The highest BCUT2D eigenvalue weighted by atomic mass is 32.2. The predicted octanol–water partition coefficient (Wildman–Crippen LogP) is 1.89. The lowest BCUT2D eigenvalue weighted by Gasteiger charge is -2.18. The number of rotatable bonds is 3. The first-order chi connectivity index (χ1) is 9.77. The van der Waals surface area contributed by atoms with Crippen LogP contribution in [0.5, 0.6) is 0 Å². The Morgan fingerprint density at radius 3 is 2.38 bits per heavy atom. The first-order valence-electron chi connectivity index (χ1n) is 6.65. The lowest BCUT2D eigenvalue weighted by molar-refractivity contribution is 0.0596. The van der Waals surface area contributed by atoms with Crippen molar-refractivity contribution in [3.8, 4) is 0 Å². The van der Waals surface area contributed by atoms with E-state index in [1.165, 1.54) is 4.31 Å². The Bertz CT molecular complexity index is 649. The highest BCUT2D eigenvalue weighted by Crippen LogP contribution is 2.30. The number of methoxy groups -OCH3 is 1. The fourth-order valence-corrected chi connectivity index (χ4v) is 4.23. The molecule has 2 rings (SSSR count). The van der Waals surface area contributed by atoms with Crippen LogP contribution >= 0.6 is 0 Å². The zero-order chi connectivity index (χ0) is 15.8. The Morgan fingerprint density at radius 1 is 1.29 bits per heavy atom. The van der Waals surface area contributed by atoms with Gasteiger partial charge < -0.3 is 4.74 Å². The summed E-state index contributed by atoms with van der Waals surface area (Å²) in [6.07, 6.45) is 0. The van der Waals surface area contributed by atoms with E-state index in [0.29, 0.717) is 13.1 Å². The Labute approximate surface area is 123 Å². The standard InChI is InChI=1S/C14H18FNO4S/c1-9-7-16(8-10(9)2)21(18,19)13-6-11(15)4-5-12(13)14(17)20-3/h4-6,9-10H,7-8H2,1-3H3. The third-order valence-electron chi connectivity index (χ3n) is 3.92. The van der Waals surface area contributed by atoms with Crippen LogP contribution in [0.3, 0.4) is 0 Å². The molecule has 0 saturated carbocycles. The first kappa shape index (κ1) is 15.9. The van der Waals surface area contributed by atoms with E-state index in [-0.39, 0.29) is 22.3 Å². The minimum absolute atomic E-state index is 0.147. The summed E-state index contributed by atoms with van der Waals surface area (Å²) in [4.78, 5) is 11.4. The van der Waals surface area contributed by atoms with Crippen LogP contribution in [0.2, 0.25) is 0 Å². The van der Waals surface area contributed by atoms with Crippen molar-refractivity contribution in [3.05, 3.63) is 29.6 Å². The molecule has 0 radical (unpaired) electrons. The Hall–Kier alpha value is -1.47. The Balaban J connectivity index is 2.49. The quantitative estimate of drug-likeness (QED) is 0.799. The fourth-order valence-electron chi connectivity index (χ4n) is 2.40. The Morgan fingerprint density at radius 2 is 1.86 bits per heavy atom. The van der Waals surface area contributed by atoms with Gasteiger partial charge in [-0.05, 0) is 30.0 Å². The van der Waals surface area contributed by atoms with Crippen LogP contribution in [0.15, 0.2) is 23.1 Å². The normalized spacial score (nSPS) is 23.2. The van der Waals surface area contributed by atoms with Crippen molar-refractivity contribution in [2.45, 2.75) is 18.7 Å². The van der Waals surface area contributed by atoms with E-state index in [4.69, 9.17) is 0 Å². The molecule has 0 bridgehead atoms. The molecule has 1 aliphatic heterocycles. The zero-order valence-electron chi connectivity index (χ0n) is 12.2. The van der Waals surface area contributed by atoms with Gasteiger partial charge in [0.1, 0.15) is 5.82 Å². The SMILES string of the molecule is COC(=O)c1ccc(F)cc1S(=O)(=O)N1CC(C)C(C)C1. The summed E-state index contributed by atoms with van der Waals surface area (Å²) in [5.41, 5.74) is -0.147. The predicted molar refractivity (Wildman–Crippen MR) is 74.8 cm³/mol. The summed E-state index contributed by atoms with van der Waals surface area (Å²) in [5, 5.41) is 0. The highest BCUT2D eigenvalue weighted by Gasteiger charge is 2.37. The number of sulfonamides is 1. The van der Waals surface area contributed by atoms with E-state index in [2.05, 4.69) is 4.74 Å². The molecule has 1 fully saturated rings. The summed E-state index contributed by atoms with van der Waals surface area (Å²) in [6.45, 7) is 4.65. The molecule has 1 aromatic carbocycles. The molecule has 0 N–H and O–H groups in total. The molecule has 1 heterocycles. The monoisotopic (exact) mass is 315 g/mol. The summed E-state index contributed by atoms with van der Waals surface area (Å²) < 4.78 is 44.7. The van der Waals surface area contributed by atoms with Crippen LogP contribution < -0.4 is 0 Å². The van der Waals surface area contributed by atoms with E-state index >= 15 is 0 Å². The molecule has 0 spiro atoms. The van der Waals surface area contributed by atoms with E-state index < -0.39 is 21.8 Å². The van der Waals surface area contributed by atoms with Gasteiger partial charge in [-0.2, -0.15) is 4.31 Å². The maximum atomic E-state index is 13.5. The van der Waals surface area contributed by atoms with Gasteiger partial charge in [-0.15, -0.1) is 0 Å². The number of esters is 1. The number of carbonyl (C=O) groups excluding carboxylic acids is 1. The summed E-state index contributed by atoms with van der Waals surface area (Å²) in [7, 11) is -2.77. The third kappa shape index (κ3) is 2.94. The molecule has 0 aliphatic carbocycles. The molecule has 0 amide bonds. The smallest absolute Gasteiger partial charge is 0.339 e. The molecule has 1 aromatic rings. The van der Waals surface area contributed by atoms with Crippen LogP contribution in [0.25, 0.3) is 0 Å². The van der Waals surface area contributed by atoms with Gasteiger partial charge in [0.05, 0.1) is 17.6 Å². The van der Waals surface area contributed by atoms with Gasteiger partial charge in [0.2, 0.25) is 10.0 Å². The second-order valence-corrected chi connectivity index (χ2v) is 7.32. The van der Waals surface area contributed by atoms with E-state index in [1.54, 1.807) is 0 Å². The van der Waals surface area contributed by atoms with Crippen LogP contribution in [0.4, 0.5) is 4.39 Å². The summed E-state index contributed by atoms with van der Waals surface area (Å²) in [6, 6.07) is 3.05. The topological polar surface area (TPSA) is 63.7 Å². The highest BCUT2D eigenvalue weighted by molar-refractivity contribution is 7.89. The molecule has 5 nitrogen and oxygen atoms in total. The van der Waals surface area contributed by atoms with E-state index in [1.807, 2.05) is 13.8 Å². The van der Waals surface area contributed by atoms with Gasteiger partial charge in [-0.3, -0.25) is 0 Å². The van der Waals surface area contributed by atoms with Crippen LogP contribution in [0.1, 0.15) is 24.2 Å². The minimum Gasteiger partial charge on any atom is -0.465 e. The van der Waals surface area contributed by atoms with Gasteiger partial charge in [0.15, 0.2) is 0 Å². The number of hydrogen-bond acceptors (Lipinski definition) is 4. The van der Waals surface area contributed by atoms with Crippen LogP contribution in [-0.2, 0) is 14.8 Å². The number of nitrogens with zero attached hydrogens (tertiary/aromatic N) is 1. The van der Waals surface area contributed by atoms with Crippen molar-refractivity contribution in [2.24, 2.45) is 11.8 Å². The van der Waals surface area contributed by atoms with Crippen LogP contribution in [0, 0.1) is 17.7 Å². The average Bonchev–Trinajstić information content (AvgIpc) is 2.78. The second-order valence-electron chi connectivity index (χ2n) is 5.41. The summed E-state index contributed by atoms with van der Waals surface area (Å²) in [5.74, 6) is -1.07. The van der Waals surface area contributed by atoms with Gasteiger partial charge in [-0.25, -0.2) is 17.6 Å². The number of carbonyl (C=O) groups is 1. The molecule has 116 valence electrons. The number of hydrogen-bond donors (Lipinski definition) is 0. The molecule has 2 atom stereocenters. The lowest BCUT2D eigenvalue weighted by atomic mass is 10.0. The van der Waals surface area contributed by atoms with Crippen molar-refractivity contribution < 1.29 is 22.3 Å². The third-order valence-corrected chi connectivity index (χ3v) is 5.79. The average molecular weight is 315 g/mol. The number of benzene rings is 1. The van der Waals surface area contributed by atoms with Crippen molar-refractivity contribution in [2.75, 3.05) is 20.2 Å². The molecular weight excluding hydrogens is 297 g/mol. The van der Waals surface area contributed by atoms with Crippen molar-refractivity contribution in [3.63, 3.8) is 0 Å². The molecule has 7 heteroatoms. The van der Waals surface area contributed by atoms with Crippen molar-refractivity contribution in [1.82, 2.24) is 4.31 Å². The van der Waals surface area contributed by atoms with Gasteiger partial charge in [-0.1, -0.05) is 13.8 Å². The zero-order valence-corrected chi connectivity index (χ0v) is 13.0. The molecule has 1 saturated heterocycles. The van der Waals surface area contributed by atoms with Gasteiger partial charge in [0, 0.05) is 13.1 Å². The van der Waals surface area contributed by atoms with E-state index in [0.717, 1.165) is 25.3 Å². The van der Waals surface area contributed by atoms with Gasteiger partial charge >= 0.3 is 5.97 Å². The molecule has 0 aromatic heterocycles. The molecular formula is C14H18FNO4S. The molecule has 21 heavy (non-hydrogen) atoms. The second kappa shape index (κ2) is 5.73. The van der Waals surface area contributed by atoms with Crippen LogP contribution in [-0.4, -0.2) is 38.9 Å². The van der Waals surface area contributed by atoms with E-state index in [9.17, 15) is 17.6 Å². The lowest BCUT2D eigenvalue weighted by Crippen LogP contribution is -2.30. The minimum atomic E-state index is -3.92. The maximum Gasteiger partial charge on any atom is 0.339 e. The summed E-state index contributed by atoms with van der Waals surface area (Å²) >= 11 is 0. The number of halogens is 1. The largest absolute Gasteiger partial charge is 0.465 e. The number of ether oxygens (including phenoxy) is 1. The van der Waals surface area contributed by atoms with Crippen molar-refractivity contribution in [1.29, 1.82) is 0 Å². The first-order valence-corrected chi connectivity index (χ1v) is 8.09. The van der Waals surface area contributed by atoms with Crippen molar-refractivity contribution >= 4 is 16.0 Å². The maximum absolute atomic E-state index is 13.5. The fraction of sp³-hybridized carbons (Fsp3) is 0.500.